The molecule has 2 aromatic rings. The number of carbonyl (C=O) groups is 3. The van der Waals surface area contributed by atoms with Crippen molar-refractivity contribution in [3.05, 3.63) is 50.4 Å². The second-order valence-corrected chi connectivity index (χ2v) is 12.7. The summed E-state index contributed by atoms with van der Waals surface area (Å²) in [7, 11) is 0. The van der Waals surface area contributed by atoms with Crippen molar-refractivity contribution in [2.45, 2.75) is 35.6 Å². The van der Waals surface area contributed by atoms with Gasteiger partial charge in [0.05, 0.1) is 30.1 Å². The summed E-state index contributed by atoms with van der Waals surface area (Å²) in [5.41, 5.74) is 1.15. The molecule has 0 radical (unpaired) electrons. The molecule has 3 aliphatic heterocycles. The summed E-state index contributed by atoms with van der Waals surface area (Å²) < 4.78 is 5.36. The fraction of sp³-hybridized carbons (Fsp3) is 0.538. The Morgan fingerprint density at radius 2 is 1.75 bits per heavy atom. The highest BCUT2D eigenvalue weighted by Gasteiger charge is 2.70. The van der Waals surface area contributed by atoms with Crippen molar-refractivity contribution in [1.29, 1.82) is 0 Å². The maximum absolute atomic E-state index is 13.8. The van der Waals surface area contributed by atoms with E-state index in [1.54, 1.807) is 23.6 Å². The van der Waals surface area contributed by atoms with Crippen molar-refractivity contribution in [1.82, 2.24) is 14.8 Å². The number of aromatic amines is 1. The Morgan fingerprint density at radius 1 is 1.06 bits per heavy atom. The van der Waals surface area contributed by atoms with Crippen LogP contribution in [-0.4, -0.2) is 70.1 Å². The van der Waals surface area contributed by atoms with Gasteiger partial charge in [-0.3, -0.25) is 24.1 Å². The van der Waals surface area contributed by atoms with Gasteiger partial charge < -0.3 is 14.6 Å². The molecular weight excluding hydrogens is 498 g/mol. The molecule has 8 nitrogen and oxygen atoms in total. The predicted molar refractivity (Wildman–Crippen MR) is 134 cm³/mol. The summed E-state index contributed by atoms with van der Waals surface area (Å²) in [5, 5.41) is 1.06. The SMILES string of the molecule is CC(C(=O)N1CCOCC1)N1C(=O)C2C3CC(C2C1=O)C1C(c2ccccc2)c2sc(=O)[nH]c2SC31. The maximum atomic E-state index is 13.8. The monoisotopic (exact) mass is 525 g/mol. The molecule has 2 saturated carbocycles. The third-order valence-corrected chi connectivity index (χ3v) is 11.6. The smallest absolute Gasteiger partial charge is 0.305 e. The van der Waals surface area contributed by atoms with Crippen molar-refractivity contribution < 1.29 is 19.1 Å². The Kier molecular flexibility index (Phi) is 5.24. The Balaban J connectivity index is 1.24. The first-order valence-electron chi connectivity index (χ1n) is 12.6. The molecule has 1 N–H and O–H groups in total. The summed E-state index contributed by atoms with van der Waals surface area (Å²) in [6.07, 6.45) is 0.845. The predicted octanol–water partition coefficient (Wildman–Crippen LogP) is 2.16. The van der Waals surface area contributed by atoms with E-state index in [1.807, 2.05) is 18.2 Å². The van der Waals surface area contributed by atoms with Gasteiger partial charge in [-0.2, -0.15) is 0 Å². The molecule has 2 bridgehead atoms. The highest BCUT2D eigenvalue weighted by atomic mass is 32.2. The van der Waals surface area contributed by atoms with Gasteiger partial charge in [0.2, 0.25) is 17.7 Å². The van der Waals surface area contributed by atoms with Crippen LogP contribution in [0.5, 0.6) is 0 Å². The molecule has 0 spiro atoms. The summed E-state index contributed by atoms with van der Waals surface area (Å²) in [4.78, 5) is 60.1. The minimum absolute atomic E-state index is 0.0247. The van der Waals surface area contributed by atoms with E-state index >= 15 is 0 Å². The van der Waals surface area contributed by atoms with Crippen molar-refractivity contribution in [2.24, 2.45) is 29.6 Å². The number of likely N-dealkylation sites (tertiary alicyclic amines) is 1. The molecule has 7 rings (SSSR count). The normalized spacial score (nSPS) is 35.5. The van der Waals surface area contributed by atoms with Crippen LogP contribution in [0, 0.1) is 29.6 Å². The molecule has 10 heteroatoms. The number of amides is 3. The Bertz CT molecular complexity index is 1300. The summed E-state index contributed by atoms with van der Waals surface area (Å²) in [6, 6.07) is 9.42. The number of thiazole rings is 1. The zero-order chi connectivity index (χ0) is 24.7. The van der Waals surface area contributed by atoms with E-state index in [2.05, 4.69) is 17.1 Å². The van der Waals surface area contributed by atoms with Crippen LogP contribution in [0.1, 0.15) is 29.7 Å². The van der Waals surface area contributed by atoms with Crippen molar-refractivity contribution in [3.63, 3.8) is 0 Å². The summed E-state index contributed by atoms with van der Waals surface area (Å²) in [6.45, 7) is 3.61. The van der Waals surface area contributed by atoms with Gasteiger partial charge >= 0.3 is 4.87 Å². The van der Waals surface area contributed by atoms with Gasteiger partial charge in [-0.1, -0.05) is 41.7 Å². The molecule has 2 saturated heterocycles. The number of benzene rings is 1. The standard InChI is InChI=1S/C26H27N3O5S2/c1-12(23(30)28-7-9-34-10-8-28)29-24(31)18-14-11-15(19(18)25(29)32)20-17(14)16(13-5-3-2-4-6-13)21-22(35-20)27-26(33)36-21/h2-6,12,14-20H,7-11H2,1H3,(H,27,33). The molecule has 8 atom stereocenters. The van der Waals surface area contributed by atoms with Gasteiger partial charge in [-0.25, -0.2) is 0 Å². The number of rotatable bonds is 3. The average Bonchev–Trinajstić information content (AvgIpc) is 3.63. The van der Waals surface area contributed by atoms with Gasteiger partial charge in [0.25, 0.3) is 0 Å². The Morgan fingerprint density at radius 3 is 2.47 bits per heavy atom. The van der Waals surface area contributed by atoms with E-state index in [0.717, 1.165) is 21.9 Å². The quantitative estimate of drug-likeness (QED) is 0.617. The summed E-state index contributed by atoms with van der Waals surface area (Å²) in [5.74, 6) is -0.999. The number of ether oxygens (including phenoxy) is 1. The number of nitrogens with zero attached hydrogens (tertiary/aromatic N) is 2. The lowest BCUT2D eigenvalue weighted by Crippen LogP contribution is -2.52. The molecule has 4 heterocycles. The second-order valence-electron chi connectivity index (χ2n) is 10.5. The van der Waals surface area contributed by atoms with Gasteiger partial charge in [0, 0.05) is 29.1 Å². The van der Waals surface area contributed by atoms with Crippen LogP contribution < -0.4 is 4.87 Å². The Hall–Kier alpha value is -2.43. The van der Waals surface area contributed by atoms with Crippen molar-refractivity contribution in [2.75, 3.05) is 26.3 Å². The van der Waals surface area contributed by atoms with E-state index in [9.17, 15) is 19.2 Å². The van der Waals surface area contributed by atoms with Gasteiger partial charge in [0.15, 0.2) is 0 Å². The first kappa shape index (κ1) is 22.7. The van der Waals surface area contributed by atoms with Crippen LogP contribution in [0.2, 0.25) is 0 Å². The minimum atomic E-state index is -0.800. The lowest BCUT2D eigenvalue weighted by Gasteiger charge is -2.43. The fourth-order valence-electron chi connectivity index (χ4n) is 7.61. The van der Waals surface area contributed by atoms with Crippen LogP contribution in [0.3, 0.4) is 0 Å². The van der Waals surface area contributed by atoms with Crippen molar-refractivity contribution >= 4 is 40.8 Å². The lowest BCUT2D eigenvalue weighted by atomic mass is 9.68. The number of carbonyl (C=O) groups excluding carboxylic acids is 3. The third-order valence-electron chi connectivity index (χ3n) is 8.98. The molecule has 3 amide bonds. The highest BCUT2D eigenvalue weighted by Crippen LogP contribution is 2.68. The van der Waals surface area contributed by atoms with Gasteiger partial charge in [-0.15, -0.1) is 11.8 Å². The van der Waals surface area contributed by atoms with Gasteiger partial charge in [-0.05, 0) is 36.7 Å². The zero-order valence-corrected chi connectivity index (χ0v) is 21.4. The van der Waals surface area contributed by atoms with Gasteiger partial charge in [0.1, 0.15) is 6.04 Å². The number of hydrogen-bond acceptors (Lipinski definition) is 7. The van der Waals surface area contributed by atoms with Crippen LogP contribution in [0.15, 0.2) is 40.2 Å². The number of thioether (sulfide) groups is 1. The zero-order valence-electron chi connectivity index (χ0n) is 19.8. The number of imide groups is 1. The molecule has 36 heavy (non-hydrogen) atoms. The van der Waals surface area contributed by atoms with Crippen LogP contribution in [-0.2, 0) is 19.1 Å². The average molecular weight is 526 g/mol. The van der Waals surface area contributed by atoms with Crippen molar-refractivity contribution in [3.8, 4) is 0 Å². The molecule has 4 fully saturated rings. The molecule has 188 valence electrons. The number of H-pyrrole nitrogens is 1. The highest BCUT2D eigenvalue weighted by molar-refractivity contribution is 8.00. The molecule has 2 aliphatic carbocycles. The van der Waals surface area contributed by atoms with E-state index in [0.29, 0.717) is 26.3 Å². The fourth-order valence-corrected chi connectivity index (χ4v) is 10.5. The van der Waals surface area contributed by atoms with E-state index in [1.165, 1.54) is 16.2 Å². The number of nitrogens with one attached hydrogen (secondary N) is 1. The number of hydrogen-bond donors (Lipinski definition) is 1. The van der Waals surface area contributed by atoms with Crippen LogP contribution in [0.25, 0.3) is 0 Å². The first-order valence-corrected chi connectivity index (χ1v) is 14.3. The Labute approximate surface area is 216 Å². The molecule has 5 aliphatic rings. The van der Waals surface area contributed by atoms with Crippen LogP contribution >= 0.6 is 23.1 Å². The molecular formula is C26H27N3O5S2. The first-order chi connectivity index (χ1) is 17.5. The van der Waals surface area contributed by atoms with Crippen LogP contribution in [0.4, 0.5) is 0 Å². The number of morpholine rings is 1. The maximum Gasteiger partial charge on any atom is 0.305 e. The summed E-state index contributed by atoms with van der Waals surface area (Å²) >= 11 is 2.95. The topological polar surface area (TPSA) is 99.8 Å². The van der Waals surface area contributed by atoms with E-state index < -0.39 is 6.04 Å². The molecule has 1 aromatic heterocycles. The molecule has 8 unspecified atom stereocenters. The van der Waals surface area contributed by atoms with E-state index in [-0.39, 0.29) is 63.4 Å². The molecule has 1 aromatic carbocycles. The van der Waals surface area contributed by atoms with E-state index in [4.69, 9.17) is 4.74 Å². The third kappa shape index (κ3) is 3.10. The minimum Gasteiger partial charge on any atom is -0.378 e. The second kappa shape index (κ2) is 8.29. The lowest BCUT2D eigenvalue weighted by molar-refractivity contribution is -0.153. The largest absolute Gasteiger partial charge is 0.378 e. The number of aromatic nitrogens is 1. The number of fused-ring (bicyclic) bond motifs is 9.